The van der Waals surface area contributed by atoms with Gasteiger partial charge in [-0.3, -0.25) is 4.79 Å². The molecule has 7 heteroatoms. The van der Waals surface area contributed by atoms with Crippen LogP contribution in [0.1, 0.15) is 48.7 Å². The molecule has 2 rings (SSSR count). The number of nitrogens with zero attached hydrogens (tertiary/aromatic N) is 3. The fourth-order valence-electron chi connectivity index (χ4n) is 2.21. The van der Waals surface area contributed by atoms with Gasteiger partial charge < -0.3 is 19.8 Å². The average Bonchev–Trinajstić information content (AvgIpc) is 3.08. The molecule has 0 radical (unpaired) electrons. The number of aliphatic hydroxyl groups is 1. The zero-order valence-corrected chi connectivity index (χ0v) is 11.1. The first-order chi connectivity index (χ1) is 9.26. The highest BCUT2D eigenvalue weighted by Gasteiger charge is 2.26. The molecule has 1 amide bonds. The van der Waals surface area contributed by atoms with Gasteiger partial charge >= 0.3 is 0 Å². The van der Waals surface area contributed by atoms with Gasteiger partial charge in [0.2, 0.25) is 5.89 Å². The number of hydrogen-bond acceptors (Lipinski definition) is 6. The van der Waals surface area contributed by atoms with Crippen molar-refractivity contribution < 1.29 is 14.4 Å². The van der Waals surface area contributed by atoms with E-state index < -0.39 is 0 Å². The van der Waals surface area contributed by atoms with E-state index >= 15 is 0 Å². The zero-order chi connectivity index (χ0) is 13.7. The van der Waals surface area contributed by atoms with E-state index in [1.807, 2.05) is 6.92 Å². The van der Waals surface area contributed by atoms with Gasteiger partial charge in [-0.25, -0.2) is 0 Å². The summed E-state index contributed by atoms with van der Waals surface area (Å²) in [5.41, 5.74) is 0. The Morgan fingerprint density at radius 3 is 3.05 bits per heavy atom. The van der Waals surface area contributed by atoms with E-state index in [0.717, 1.165) is 25.8 Å². The molecule has 1 unspecified atom stereocenters. The lowest BCUT2D eigenvalue weighted by molar-refractivity contribution is 0.0706. The number of carbonyl (C=O) groups is 1. The predicted molar refractivity (Wildman–Crippen MR) is 67.6 cm³/mol. The summed E-state index contributed by atoms with van der Waals surface area (Å²) in [5.74, 6) is 0.260. The van der Waals surface area contributed by atoms with Crippen molar-refractivity contribution in [2.45, 2.75) is 32.2 Å². The second kappa shape index (κ2) is 6.63. The molecule has 2 N–H and O–H groups in total. The molecule has 7 nitrogen and oxygen atoms in total. The fraction of sp³-hybridized carbons (Fsp3) is 0.750. The summed E-state index contributed by atoms with van der Waals surface area (Å²) in [5, 5.41) is 16.0. The number of aliphatic hydroxyl groups excluding tert-OH is 1. The molecule has 0 bridgehead atoms. The van der Waals surface area contributed by atoms with Gasteiger partial charge in [0.05, 0.1) is 12.6 Å². The molecular weight excluding hydrogens is 248 g/mol. The minimum atomic E-state index is -0.288. The first-order valence-electron chi connectivity index (χ1n) is 6.73. The SMILES string of the molecule is CCCN(CCO)C(=O)c1noc(C2CCCN2)n1. The molecule has 0 saturated carbocycles. The predicted octanol–water partition coefficient (Wildman–Crippen LogP) is 0.339. The van der Waals surface area contributed by atoms with Crippen molar-refractivity contribution in [2.24, 2.45) is 0 Å². The van der Waals surface area contributed by atoms with Crippen LogP contribution in [-0.2, 0) is 0 Å². The van der Waals surface area contributed by atoms with Gasteiger partial charge in [0, 0.05) is 13.1 Å². The molecule has 0 aromatic carbocycles. The molecule has 1 fully saturated rings. The summed E-state index contributed by atoms with van der Waals surface area (Å²) in [7, 11) is 0. The Kier molecular flexibility index (Phi) is 4.86. The third-order valence-electron chi connectivity index (χ3n) is 3.14. The Hall–Kier alpha value is -1.47. The Labute approximate surface area is 112 Å². The second-order valence-corrected chi connectivity index (χ2v) is 4.62. The summed E-state index contributed by atoms with van der Waals surface area (Å²) in [6.07, 6.45) is 2.84. The molecule has 1 aliphatic rings. The Morgan fingerprint density at radius 2 is 2.42 bits per heavy atom. The van der Waals surface area contributed by atoms with Gasteiger partial charge in [-0.15, -0.1) is 0 Å². The maximum absolute atomic E-state index is 12.2. The van der Waals surface area contributed by atoms with Crippen LogP contribution in [0.5, 0.6) is 0 Å². The molecule has 19 heavy (non-hydrogen) atoms. The van der Waals surface area contributed by atoms with Crippen molar-refractivity contribution in [3.05, 3.63) is 11.7 Å². The van der Waals surface area contributed by atoms with E-state index in [1.54, 1.807) is 0 Å². The van der Waals surface area contributed by atoms with Crippen molar-refractivity contribution in [2.75, 3.05) is 26.2 Å². The van der Waals surface area contributed by atoms with Crippen LogP contribution < -0.4 is 5.32 Å². The van der Waals surface area contributed by atoms with Gasteiger partial charge in [-0.2, -0.15) is 4.98 Å². The van der Waals surface area contributed by atoms with Crippen LogP contribution in [0.15, 0.2) is 4.52 Å². The average molecular weight is 268 g/mol. The Morgan fingerprint density at radius 1 is 1.58 bits per heavy atom. The molecule has 1 saturated heterocycles. The third-order valence-corrected chi connectivity index (χ3v) is 3.14. The summed E-state index contributed by atoms with van der Waals surface area (Å²) >= 11 is 0. The quantitative estimate of drug-likeness (QED) is 0.773. The maximum Gasteiger partial charge on any atom is 0.295 e. The number of amides is 1. The van der Waals surface area contributed by atoms with E-state index in [9.17, 15) is 4.79 Å². The Bertz CT molecular complexity index is 409. The Balaban J connectivity index is 2.05. The molecule has 106 valence electrons. The van der Waals surface area contributed by atoms with Gasteiger partial charge in [0.25, 0.3) is 11.7 Å². The molecule has 0 spiro atoms. The normalized spacial score (nSPS) is 18.7. The summed E-state index contributed by atoms with van der Waals surface area (Å²) in [6, 6.07) is 0.0616. The first kappa shape index (κ1) is 14.0. The molecular formula is C12H20N4O3. The molecule has 1 aliphatic heterocycles. The van der Waals surface area contributed by atoms with Gasteiger partial charge in [-0.1, -0.05) is 12.1 Å². The molecule has 1 aromatic rings. The standard InChI is InChI=1S/C12H20N4O3/c1-2-6-16(7-8-17)12(18)10-14-11(19-15-10)9-4-3-5-13-9/h9,13,17H,2-8H2,1H3. The highest BCUT2D eigenvalue weighted by molar-refractivity contribution is 5.90. The molecule has 0 aliphatic carbocycles. The smallest absolute Gasteiger partial charge is 0.295 e. The minimum Gasteiger partial charge on any atom is -0.395 e. The van der Waals surface area contributed by atoms with Crippen LogP contribution in [-0.4, -0.2) is 52.3 Å². The lowest BCUT2D eigenvalue weighted by Crippen LogP contribution is -2.35. The van der Waals surface area contributed by atoms with E-state index in [0.29, 0.717) is 12.4 Å². The van der Waals surface area contributed by atoms with Crippen LogP contribution in [0.4, 0.5) is 0 Å². The van der Waals surface area contributed by atoms with Crippen molar-refractivity contribution in [3.63, 3.8) is 0 Å². The zero-order valence-electron chi connectivity index (χ0n) is 11.1. The van der Waals surface area contributed by atoms with E-state index in [2.05, 4.69) is 15.5 Å². The number of rotatable bonds is 6. The largest absolute Gasteiger partial charge is 0.395 e. The monoisotopic (exact) mass is 268 g/mol. The maximum atomic E-state index is 12.2. The summed E-state index contributed by atoms with van der Waals surface area (Å²) in [6.45, 7) is 3.70. The third kappa shape index (κ3) is 3.30. The van der Waals surface area contributed by atoms with Crippen LogP contribution >= 0.6 is 0 Å². The van der Waals surface area contributed by atoms with Gasteiger partial charge in [-0.05, 0) is 25.8 Å². The van der Waals surface area contributed by atoms with Crippen molar-refractivity contribution in [3.8, 4) is 0 Å². The summed E-state index contributed by atoms with van der Waals surface area (Å²) < 4.78 is 5.14. The highest BCUT2D eigenvalue weighted by atomic mass is 16.5. The topological polar surface area (TPSA) is 91.5 Å². The van der Waals surface area contributed by atoms with Crippen LogP contribution in [0.3, 0.4) is 0 Å². The number of hydrogen-bond donors (Lipinski definition) is 2. The highest BCUT2D eigenvalue weighted by Crippen LogP contribution is 2.21. The minimum absolute atomic E-state index is 0.0616. The number of aromatic nitrogens is 2. The second-order valence-electron chi connectivity index (χ2n) is 4.62. The lowest BCUT2D eigenvalue weighted by atomic mass is 10.2. The van der Waals surface area contributed by atoms with Crippen LogP contribution in [0, 0.1) is 0 Å². The van der Waals surface area contributed by atoms with Crippen molar-refractivity contribution in [1.82, 2.24) is 20.4 Å². The van der Waals surface area contributed by atoms with E-state index in [1.165, 1.54) is 4.90 Å². The van der Waals surface area contributed by atoms with E-state index in [-0.39, 0.29) is 30.9 Å². The molecule has 1 atom stereocenters. The lowest BCUT2D eigenvalue weighted by Gasteiger charge is -2.18. The fourth-order valence-corrected chi connectivity index (χ4v) is 2.21. The number of carbonyl (C=O) groups excluding carboxylic acids is 1. The molecule has 1 aromatic heterocycles. The van der Waals surface area contributed by atoms with Crippen LogP contribution in [0.25, 0.3) is 0 Å². The van der Waals surface area contributed by atoms with Crippen molar-refractivity contribution >= 4 is 5.91 Å². The van der Waals surface area contributed by atoms with E-state index in [4.69, 9.17) is 9.63 Å². The van der Waals surface area contributed by atoms with Gasteiger partial charge in [0.1, 0.15) is 0 Å². The van der Waals surface area contributed by atoms with Gasteiger partial charge in [0.15, 0.2) is 0 Å². The first-order valence-corrected chi connectivity index (χ1v) is 6.73. The molecule has 2 heterocycles. The summed E-state index contributed by atoms with van der Waals surface area (Å²) in [4.78, 5) is 17.9. The number of nitrogens with one attached hydrogen (secondary N) is 1. The van der Waals surface area contributed by atoms with Crippen LogP contribution in [0.2, 0.25) is 0 Å². The van der Waals surface area contributed by atoms with Crippen molar-refractivity contribution in [1.29, 1.82) is 0 Å².